The molecule has 1 unspecified atom stereocenters. The zero-order valence-corrected chi connectivity index (χ0v) is 12.5. The smallest absolute Gasteiger partial charge is 0.410 e. The van der Waals surface area contributed by atoms with Crippen LogP contribution in [0.4, 0.5) is 4.79 Å². The zero-order valence-electron chi connectivity index (χ0n) is 12.5. The Kier molecular flexibility index (Phi) is 3.11. The van der Waals surface area contributed by atoms with Gasteiger partial charge in [0.2, 0.25) is 0 Å². The van der Waals surface area contributed by atoms with Crippen LogP contribution in [0.1, 0.15) is 28.0 Å². The van der Waals surface area contributed by atoms with E-state index in [1.165, 1.54) is 0 Å². The molecular weight excluding hydrogens is 270 g/mol. The van der Waals surface area contributed by atoms with Gasteiger partial charge in [-0.3, -0.25) is 9.78 Å². The van der Waals surface area contributed by atoms with Gasteiger partial charge in [-0.1, -0.05) is 0 Å². The maximum Gasteiger partial charge on any atom is 0.410 e. The second-order valence-corrected chi connectivity index (χ2v) is 6.01. The van der Waals surface area contributed by atoms with Gasteiger partial charge in [0.25, 0.3) is 5.91 Å². The molecule has 2 amide bonds. The molecule has 0 bridgehead atoms. The minimum absolute atomic E-state index is 0.0481. The third-order valence-corrected chi connectivity index (χ3v) is 4.33. The van der Waals surface area contributed by atoms with Crippen LogP contribution >= 0.6 is 0 Å². The molecule has 2 aliphatic heterocycles. The average molecular weight is 289 g/mol. The summed E-state index contributed by atoms with van der Waals surface area (Å²) < 4.78 is 5.46. The van der Waals surface area contributed by atoms with E-state index in [1.54, 1.807) is 23.0 Å². The number of carbonyl (C=O) groups excluding carboxylic acids is 2. The van der Waals surface area contributed by atoms with Gasteiger partial charge in [0.15, 0.2) is 5.60 Å². The molecule has 2 saturated heterocycles. The predicted octanol–water partition coefficient (Wildman–Crippen LogP) is 1.37. The highest BCUT2D eigenvalue weighted by Crippen LogP contribution is 2.32. The van der Waals surface area contributed by atoms with Gasteiger partial charge in [-0.25, -0.2) is 4.79 Å². The molecule has 0 radical (unpaired) electrons. The molecule has 0 N–H and O–H groups in total. The Balaban J connectivity index is 1.75. The number of pyridine rings is 1. The number of nitrogens with zero attached hydrogens (tertiary/aromatic N) is 3. The average Bonchev–Trinajstić information content (AvgIpc) is 2.96. The van der Waals surface area contributed by atoms with Crippen molar-refractivity contribution in [3.63, 3.8) is 0 Å². The molecule has 3 heterocycles. The van der Waals surface area contributed by atoms with Crippen LogP contribution < -0.4 is 0 Å². The van der Waals surface area contributed by atoms with Crippen LogP contribution in [-0.4, -0.2) is 59.1 Å². The molecule has 1 aromatic rings. The van der Waals surface area contributed by atoms with E-state index >= 15 is 0 Å². The van der Waals surface area contributed by atoms with Gasteiger partial charge in [-0.05, 0) is 25.5 Å². The molecule has 3 rings (SSSR count). The molecule has 1 atom stereocenters. The van der Waals surface area contributed by atoms with Crippen LogP contribution in [0.25, 0.3) is 0 Å². The number of aryl methyl sites for hydroxylation is 2. The fourth-order valence-electron chi connectivity index (χ4n) is 2.97. The Morgan fingerprint density at radius 1 is 1.38 bits per heavy atom. The lowest BCUT2D eigenvalue weighted by Gasteiger charge is -2.21. The van der Waals surface area contributed by atoms with E-state index < -0.39 is 5.60 Å². The first kappa shape index (κ1) is 13.9. The van der Waals surface area contributed by atoms with Gasteiger partial charge in [0.05, 0.1) is 18.7 Å². The first-order chi connectivity index (χ1) is 9.90. The van der Waals surface area contributed by atoms with Gasteiger partial charge >= 0.3 is 6.09 Å². The third kappa shape index (κ3) is 2.34. The van der Waals surface area contributed by atoms with Gasteiger partial charge in [-0.2, -0.15) is 0 Å². The number of likely N-dealkylation sites (tertiary alicyclic amines) is 1. The molecule has 0 aromatic carbocycles. The lowest BCUT2D eigenvalue weighted by Crippen LogP contribution is -2.39. The van der Waals surface area contributed by atoms with Gasteiger partial charge in [0, 0.05) is 31.9 Å². The normalized spacial score (nSPS) is 24.8. The van der Waals surface area contributed by atoms with Crippen molar-refractivity contribution in [3.8, 4) is 0 Å². The van der Waals surface area contributed by atoms with E-state index in [1.807, 2.05) is 19.9 Å². The molecule has 0 saturated carbocycles. The van der Waals surface area contributed by atoms with E-state index in [4.69, 9.17) is 4.74 Å². The Hall–Kier alpha value is -2.11. The van der Waals surface area contributed by atoms with E-state index in [0.717, 1.165) is 11.3 Å². The second kappa shape index (κ2) is 4.72. The molecule has 21 heavy (non-hydrogen) atoms. The van der Waals surface area contributed by atoms with Gasteiger partial charge in [0.1, 0.15) is 0 Å². The number of hydrogen-bond acceptors (Lipinski definition) is 4. The van der Waals surface area contributed by atoms with Crippen LogP contribution in [0.5, 0.6) is 0 Å². The topological polar surface area (TPSA) is 62.7 Å². The summed E-state index contributed by atoms with van der Waals surface area (Å²) in [6.07, 6.45) is 1.99. The van der Waals surface area contributed by atoms with Crippen molar-refractivity contribution >= 4 is 12.0 Å². The largest absolute Gasteiger partial charge is 0.439 e. The Morgan fingerprint density at radius 2 is 2.14 bits per heavy atom. The number of hydrogen-bond donors (Lipinski definition) is 0. The van der Waals surface area contributed by atoms with Crippen molar-refractivity contribution in [2.75, 3.05) is 26.7 Å². The summed E-state index contributed by atoms with van der Waals surface area (Å²) in [4.78, 5) is 31.7. The number of ether oxygens (including phenoxy) is 1. The first-order valence-corrected chi connectivity index (χ1v) is 7.07. The molecular formula is C15H19N3O3. The van der Waals surface area contributed by atoms with Crippen molar-refractivity contribution in [2.45, 2.75) is 25.9 Å². The Morgan fingerprint density at radius 3 is 2.76 bits per heavy atom. The number of rotatable bonds is 1. The van der Waals surface area contributed by atoms with E-state index in [2.05, 4.69) is 4.98 Å². The quantitative estimate of drug-likeness (QED) is 0.783. The number of aromatic nitrogens is 1. The predicted molar refractivity (Wildman–Crippen MR) is 76.1 cm³/mol. The Labute approximate surface area is 123 Å². The molecule has 2 aliphatic rings. The zero-order chi connectivity index (χ0) is 15.2. The highest BCUT2D eigenvalue weighted by molar-refractivity contribution is 5.94. The minimum atomic E-state index is -0.533. The fourth-order valence-corrected chi connectivity index (χ4v) is 2.97. The second-order valence-electron chi connectivity index (χ2n) is 6.01. The minimum Gasteiger partial charge on any atom is -0.439 e. The van der Waals surface area contributed by atoms with Crippen LogP contribution in [-0.2, 0) is 4.74 Å². The fraction of sp³-hybridized carbons (Fsp3) is 0.533. The van der Waals surface area contributed by atoms with Crippen LogP contribution in [0.15, 0.2) is 12.3 Å². The Bertz CT molecular complexity index is 616. The monoisotopic (exact) mass is 289 g/mol. The molecule has 2 fully saturated rings. The third-order valence-electron chi connectivity index (χ3n) is 4.33. The van der Waals surface area contributed by atoms with Crippen molar-refractivity contribution < 1.29 is 14.3 Å². The first-order valence-electron chi connectivity index (χ1n) is 7.07. The molecule has 1 aromatic heterocycles. The van der Waals surface area contributed by atoms with E-state index in [9.17, 15) is 9.59 Å². The highest BCUT2D eigenvalue weighted by Gasteiger charge is 2.49. The van der Waals surface area contributed by atoms with E-state index in [-0.39, 0.29) is 12.0 Å². The van der Waals surface area contributed by atoms with Crippen molar-refractivity contribution in [1.82, 2.24) is 14.8 Å². The van der Waals surface area contributed by atoms with Gasteiger partial charge < -0.3 is 14.5 Å². The number of carbonyl (C=O) groups is 2. The van der Waals surface area contributed by atoms with Crippen LogP contribution in [0.3, 0.4) is 0 Å². The maximum absolute atomic E-state index is 12.5. The maximum atomic E-state index is 12.5. The van der Waals surface area contributed by atoms with Crippen molar-refractivity contribution in [1.29, 1.82) is 0 Å². The number of amides is 2. The summed E-state index contributed by atoms with van der Waals surface area (Å²) in [5, 5.41) is 0. The summed E-state index contributed by atoms with van der Waals surface area (Å²) in [7, 11) is 1.72. The summed E-state index contributed by atoms with van der Waals surface area (Å²) in [6.45, 7) is 5.46. The summed E-state index contributed by atoms with van der Waals surface area (Å²) in [5.74, 6) is -0.0481. The summed E-state index contributed by atoms with van der Waals surface area (Å²) >= 11 is 0. The summed E-state index contributed by atoms with van der Waals surface area (Å²) in [5.41, 5.74) is 1.99. The summed E-state index contributed by atoms with van der Waals surface area (Å²) in [6, 6.07) is 1.86. The molecule has 6 nitrogen and oxygen atoms in total. The standard InChI is InChI=1S/C15H19N3O3/c1-10-6-12(7-16-11(10)2)13(19)18-5-4-15(9-18)8-17(3)14(20)21-15/h6-7H,4-5,8-9H2,1-3H3. The molecule has 1 spiro atoms. The molecule has 6 heteroatoms. The molecule has 0 aliphatic carbocycles. The lowest BCUT2D eigenvalue weighted by molar-refractivity contribution is 0.0553. The van der Waals surface area contributed by atoms with Crippen molar-refractivity contribution in [3.05, 3.63) is 29.1 Å². The highest BCUT2D eigenvalue weighted by atomic mass is 16.6. The SMILES string of the molecule is Cc1cc(C(=O)N2CCC3(CN(C)C(=O)O3)C2)cnc1C. The van der Waals surface area contributed by atoms with Crippen molar-refractivity contribution in [2.24, 2.45) is 0 Å². The van der Waals surface area contributed by atoms with Gasteiger partial charge in [-0.15, -0.1) is 0 Å². The van der Waals surface area contributed by atoms with Crippen LogP contribution in [0, 0.1) is 13.8 Å². The van der Waals surface area contributed by atoms with E-state index in [0.29, 0.717) is 31.6 Å². The van der Waals surface area contributed by atoms with Crippen LogP contribution in [0.2, 0.25) is 0 Å². The number of likely N-dealkylation sites (N-methyl/N-ethyl adjacent to an activating group) is 1. The lowest BCUT2D eigenvalue weighted by atomic mass is 10.0. The molecule has 112 valence electrons.